The monoisotopic (exact) mass is 251 g/mol. The van der Waals surface area contributed by atoms with Gasteiger partial charge in [-0.1, -0.05) is 18.2 Å². The zero-order valence-electron chi connectivity index (χ0n) is 9.85. The van der Waals surface area contributed by atoms with Crippen molar-refractivity contribution in [1.82, 2.24) is 4.98 Å². The number of para-hydroxylation sites is 1. The quantitative estimate of drug-likeness (QED) is 0.476. The molecule has 0 N–H and O–H groups in total. The molecular weight excluding hydrogens is 242 g/mol. The number of nitrogens with zero attached hydrogens (tertiary/aromatic N) is 3. The van der Waals surface area contributed by atoms with Crippen molar-refractivity contribution in [1.29, 1.82) is 5.26 Å². The molecule has 0 atom stereocenters. The van der Waals surface area contributed by atoms with E-state index in [9.17, 15) is 10.1 Å². The Morgan fingerprint density at radius 2 is 1.95 bits per heavy atom. The summed E-state index contributed by atoms with van der Waals surface area (Å²) in [6.45, 7) is 0. The smallest absolute Gasteiger partial charge is 0.258 e. The molecular formula is C14H9N3O2. The number of nitro benzene ring substituents is 1. The number of aromatic nitrogens is 1. The molecule has 0 saturated carbocycles. The fourth-order valence-electron chi connectivity index (χ4n) is 1.75. The summed E-state index contributed by atoms with van der Waals surface area (Å²) in [5.41, 5.74) is 1.65. The van der Waals surface area contributed by atoms with Gasteiger partial charge in [-0.3, -0.25) is 15.1 Å². The zero-order valence-corrected chi connectivity index (χ0v) is 9.85. The van der Waals surface area contributed by atoms with Crippen LogP contribution >= 0.6 is 0 Å². The van der Waals surface area contributed by atoms with Crippen molar-refractivity contribution in [3.05, 3.63) is 64.5 Å². The summed E-state index contributed by atoms with van der Waals surface area (Å²) >= 11 is 0. The fourth-order valence-corrected chi connectivity index (χ4v) is 1.75. The molecule has 1 heterocycles. The third-order valence-corrected chi connectivity index (χ3v) is 2.55. The number of pyridine rings is 1. The molecule has 2 aromatic rings. The lowest BCUT2D eigenvalue weighted by Crippen LogP contribution is -1.94. The second-order valence-corrected chi connectivity index (χ2v) is 3.67. The number of nitriles is 1. The van der Waals surface area contributed by atoms with Crippen LogP contribution in [0.2, 0.25) is 0 Å². The van der Waals surface area contributed by atoms with Crippen LogP contribution in [0, 0.1) is 21.4 Å². The van der Waals surface area contributed by atoms with Crippen molar-refractivity contribution in [2.45, 2.75) is 0 Å². The number of allylic oxidation sites excluding steroid dienone is 1. The summed E-state index contributed by atoms with van der Waals surface area (Å²) in [5.74, 6) is 0. The van der Waals surface area contributed by atoms with E-state index in [0.29, 0.717) is 16.8 Å². The Balaban J connectivity index is 2.63. The normalized spacial score (nSPS) is 10.3. The van der Waals surface area contributed by atoms with Crippen LogP contribution in [-0.4, -0.2) is 9.91 Å². The van der Waals surface area contributed by atoms with Crippen molar-refractivity contribution in [2.75, 3.05) is 0 Å². The Bertz CT molecular complexity index is 687. The minimum absolute atomic E-state index is 0.0158. The van der Waals surface area contributed by atoms with Gasteiger partial charge in [0.25, 0.3) is 5.69 Å². The van der Waals surface area contributed by atoms with E-state index in [4.69, 9.17) is 5.26 Å². The molecule has 0 aliphatic carbocycles. The first kappa shape index (κ1) is 12.5. The minimum atomic E-state index is -0.430. The van der Waals surface area contributed by atoms with Crippen LogP contribution in [0.1, 0.15) is 5.69 Å². The van der Waals surface area contributed by atoms with Gasteiger partial charge in [0.1, 0.15) is 0 Å². The van der Waals surface area contributed by atoms with Gasteiger partial charge >= 0.3 is 0 Å². The van der Waals surface area contributed by atoms with E-state index in [1.165, 1.54) is 18.2 Å². The van der Waals surface area contributed by atoms with E-state index in [-0.39, 0.29) is 5.69 Å². The summed E-state index contributed by atoms with van der Waals surface area (Å²) in [6, 6.07) is 11.8. The number of nitro groups is 1. The first-order valence-corrected chi connectivity index (χ1v) is 5.49. The zero-order chi connectivity index (χ0) is 13.7. The molecule has 0 aliphatic rings. The first-order valence-electron chi connectivity index (χ1n) is 5.49. The summed E-state index contributed by atoms with van der Waals surface area (Å²) in [7, 11) is 0. The standard InChI is InChI=1S/C14H9N3O2/c15-9-3-7-13-11(6-4-10-16-13)12-5-1-2-8-14(12)17(18)19/h1-8,10H. The topological polar surface area (TPSA) is 79.8 Å². The predicted molar refractivity (Wildman–Crippen MR) is 71.0 cm³/mol. The van der Waals surface area contributed by atoms with Gasteiger partial charge in [0.2, 0.25) is 0 Å². The Kier molecular flexibility index (Phi) is 3.64. The van der Waals surface area contributed by atoms with E-state index in [0.717, 1.165) is 0 Å². The SMILES string of the molecule is N#CC=Cc1ncccc1-c1ccccc1[N+](=O)[O-]. The van der Waals surface area contributed by atoms with E-state index in [2.05, 4.69) is 4.98 Å². The van der Waals surface area contributed by atoms with Crippen LogP contribution in [0.3, 0.4) is 0 Å². The number of hydrogen-bond acceptors (Lipinski definition) is 4. The average molecular weight is 251 g/mol. The minimum Gasteiger partial charge on any atom is -0.258 e. The lowest BCUT2D eigenvalue weighted by molar-refractivity contribution is -0.384. The summed E-state index contributed by atoms with van der Waals surface area (Å²) in [5, 5.41) is 19.6. The van der Waals surface area contributed by atoms with E-state index < -0.39 is 4.92 Å². The molecule has 1 aromatic carbocycles. The maximum atomic E-state index is 11.0. The van der Waals surface area contributed by atoms with Crippen LogP contribution in [-0.2, 0) is 0 Å². The van der Waals surface area contributed by atoms with Crippen LogP contribution in [0.4, 0.5) is 5.69 Å². The summed E-state index contributed by atoms with van der Waals surface area (Å²) in [4.78, 5) is 14.7. The Morgan fingerprint density at radius 1 is 1.21 bits per heavy atom. The van der Waals surface area contributed by atoms with Crippen molar-refractivity contribution >= 4 is 11.8 Å². The third-order valence-electron chi connectivity index (χ3n) is 2.55. The molecule has 5 nitrogen and oxygen atoms in total. The highest BCUT2D eigenvalue weighted by Crippen LogP contribution is 2.31. The van der Waals surface area contributed by atoms with Crippen molar-refractivity contribution in [3.8, 4) is 17.2 Å². The van der Waals surface area contributed by atoms with Gasteiger partial charge in [0.05, 0.1) is 22.2 Å². The van der Waals surface area contributed by atoms with Crippen molar-refractivity contribution in [2.24, 2.45) is 0 Å². The van der Waals surface area contributed by atoms with E-state index in [1.807, 2.05) is 6.07 Å². The molecule has 0 aliphatic heterocycles. The molecule has 92 valence electrons. The molecule has 5 heteroatoms. The molecule has 0 spiro atoms. The van der Waals surface area contributed by atoms with Gasteiger partial charge in [-0.25, -0.2) is 0 Å². The molecule has 0 bridgehead atoms. The number of rotatable bonds is 3. The Labute approximate surface area is 109 Å². The van der Waals surface area contributed by atoms with Gasteiger partial charge in [0, 0.05) is 23.9 Å². The Morgan fingerprint density at radius 3 is 2.68 bits per heavy atom. The second kappa shape index (κ2) is 5.56. The van der Waals surface area contributed by atoms with Gasteiger partial charge in [-0.2, -0.15) is 5.26 Å². The van der Waals surface area contributed by atoms with Gasteiger partial charge < -0.3 is 0 Å². The number of hydrogen-bond donors (Lipinski definition) is 0. The maximum absolute atomic E-state index is 11.0. The van der Waals surface area contributed by atoms with Crippen LogP contribution in [0.15, 0.2) is 48.7 Å². The van der Waals surface area contributed by atoms with Crippen LogP contribution < -0.4 is 0 Å². The molecule has 0 fully saturated rings. The highest BCUT2D eigenvalue weighted by molar-refractivity contribution is 5.79. The largest absolute Gasteiger partial charge is 0.277 e. The predicted octanol–water partition coefficient (Wildman–Crippen LogP) is 3.19. The van der Waals surface area contributed by atoms with Crippen LogP contribution in [0.25, 0.3) is 17.2 Å². The van der Waals surface area contributed by atoms with Gasteiger partial charge in [0.15, 0.2) is 0 Å². The highest BCUT2D eigenvalue weighted by atomic mass is 16.6. The molecule has 1 aromatic heterocycles. The average Bonchev–Trinajstić information content (AvgIpc) is 2.45. The lowest BCUT2D eigenvalue weighted by Gasteiger charge is -2.05. The fraction of sp³-hybridized carbons (Fsp3) is 0. The summed E-state index contributed by atoms with van der Waals surface area (Å²) < 4.78 is 0. The van der Waals surface area contributed by atoms with E-state index >= 15 is 0 Å². The summed E-state index contributed by atoms with van der Waals surface area (Å²) in [6.07, 6.45) is 4.40. The molecule has 0 amide bonds. The van der Waals surface area contributed by atoms with Gasteiger partial charge in [-0.15, -0.1) is 0 Å². The Hall–Kier alpha value is -3.00. The second-order valence-electron chi connectivity index (χ2n) is 3.67. The molecule has 2 rings (SSSR count). The lowest BCUT2D eigenvalue weighted by atomic mass is 10.0. The molecule has 0 unspecified atom stereocenters. The highest BCUT2D eigenvalue weighted by Gasteiger charge is 2.16. The maximum Gasteiger partial charge on any atom is 0.277 e. The van der Waals surface area contributed by atoms with Crippen molar-refractivity contribution < 1.29 is 4.92 Å². The molecule has 19 heavy (non-hydrogen) atoms. The van der Waals surface area contributed by atoms with Gasteiger partial charge in [-0.05, 0) is 18.2 Å². The van der Waals surface area contributed by atoms with Crippen molar-refractivity contribution in [3.63, 3.8) is 0 Å². The first-order chi connectivity index (χ1) is 9.24. The molecule has 0 radical (unpaired) electrons. The number of benzene rings is 1. The third kappa shape index (κ3) is 2.64. The van der Waals surface area contributed by atoms with Crippen LogP contribution in [0.5, 0.6) is 0 Å². The van der Waals surface area contributed by atoms with E-state index in [1.54, 1.807) is 36.5 Å². The molecule has 0 saturated heterocycles.